The van der Waals surface area contributed by atoms with Crippen LogP contribution in [0.3, 0.4) is 0 Å². The van der Waals surface area contributed by atoms with Crippen LogP contribution in [0.1, 0.15) is 18.4 Å². The van der Waals surface area contributed by atoms with Crippen molar-refractivity contribution >= 4 is 16.7 Å². The van der Waals surface area contributed by atoms with Crippen molar-refractivity contribution in [2.75, 3.05) is 33.4 Å². The summed E-state index contributed by atoms with van der Waals surface area (Å²) < 4.78 is 10.8. The Morgan fingerprint density at radius 3 is 2.40 bits per heavy atom. The molecule has 0 radical (unpaired) electrons. The van der Waals surface area contributed by atoms with Gasteiger partial charge in [0.15, 0.2) is 0 Å². The number of nitrogens with zero attached hydrogens (tertiary/aromatic N) is 2. The maximum atomic E-state index is 11.3. The van der Waals surface area contributed by atoms with E-state index in [0.29, 0.717) is 38.2 Å². The second kappa shape index (κ2) is 12.3. The SMILES string of the molecule is C=CC(=O)O.COc1ccc(OC[C@@H](O)CN2CCC(O)(c3cncc4ccccc34)CC2)cc1. The zero-order chi connectivity index (χ0) is 25.3. The summed E-state index contributed by atoms with van der Waals surface area (Å²) in [4.78, 5) is 15.8. The van der Waals surface area contributed by atoms with E-state index < -0.39 is 17.7 Å². The number of rotatable bonds is 8. The Labute approximate surface area is 205 Å². The highest BCUT2D eigenvalue weighted by molar-refractivity contribution is 5.85. The number of carbonyl (C=O) groups is 1. The van der Waals surface area contributed by atoms with Crippen molar-refractivity contribution in [2.24, 2.45) is 0 Å². The minimum absolute atomic E-state index is 0.223. The van der Waals surface area contributed by atoms with Crippen molar-refractivity contribution in [1.29, 1.82) is 0 Å². The Bertz CT molecular complexity index is 1100. The van der Waals surface area contributed by atoms with E-state index in [9.17, 15) is 15.0 Å². The number of likely N-dealkylation sites (tertiary alicyclic amines) is 1. The molecule has 186 valence electrons. The molecule has 4 rings (SSSR count). The first kappa shape index (κ1) is 26.2. The summed E-state index contributed by atoms with van der Waals surface area (Å²) >= 11 is 0. The monoisotopic (exact) mass is 480 g/mol. The third-order valence-electron chi connectivity index (χ3n) is 6.00. The molecule has 8 heteroatoms. The number of hydrogen-bond acceptors (Lipinski definition) is 7. The van der Waals surface area contributed by atoms with Crippen LogP contribution < -0.4 is 9.47 Å². The summed E-state index contributed by atoms with van der Waals surface area (Å²) in [6.07, 6.45) is 5.06. The van der Waals surface area contributed by atoms with Crippen molar-refractivity contribution in [1.82, 2.24) is 9.88 Å². The zero-order valence-corrected chi connectivity index (χ0v) is 19.8. The number of ether oxygens (including phenoxy) is 2. The average molecular weight is 481 g/mol. The highest BCUT2D eigenvalue weighted by atomic mass is 16.5. The molecule has 3 aromatic rings. The van der Waals surface area contributed by atoms with Gasteiger partial charge in [0.1, 0.15) is 24.2 Å². The fourth-order valence-corrected chi connectivity index (χ4v) is 4.08. The second-order valence-corrected chi connectivity index (χ2v) is 8.42. The summed E-state index contributed by atoms with van der Waals surface area (Å²) in [5.41, 5.74) is -0.00168. The van der Waals surface area contributed by atoms with Gasteiger partial charge in [-0.1, -0.05) is 30.8 Å². The van der Waals surface area contributed by atoms with Crippen molar-refractivity contribution in [3.05, 3.63) is 79.1 Å². The molecule has 1 saturated heterocycles. The Hall–Kier alpha value is -3.46. The molecule has 2 heterocycles. The van der Waals surface area contributed by atoms with Gasteiger partial charge in [-0.3, -0.25) is 4.98 Å². The van der Waals surface area contributed by atoms with E-state index in [1.54, 1.807) is 13.3 Å². The molecule has 0 bridgehead atoms. The molecule has 1 fully saturated rings. The molecule has 35 heavy (non-hydrogen) atoms. The largest absolute Gasteiger partial charge is 0.497 e. The number of aliphatic hydroxyl groups is 2. The first-order chi connectivity index (χ1) is 16.8. The molecular formula is C27H32N2O6. The van der Waals surface area contributed by atoms with Gasteiger partial charge >= 0.3 is 5.97 Å². The minimum atomic E-state index is -0.981. The van der Waals surface area contributed by atoms with Gasteiger partial charge in [0.05, 0.1) is 12.7 Å². The summed E-state index contributed by atoms with van der Waals surface area (Å²) in [7, 11) is 1.62. The summed E-state index contributed by atoms with van der Waals surface area (Å²) in [5, 5.41) is 31.4. The van der Waals surface area contributed by atoms with Crippen LogP contribution in [0.5, 0.6) is 11.5 Å². The summed E-state index contributed by atoms with van der Waals surface area (Å²) in [6.45, 7) is 5.11. The maximum Gasteiger partial charge on any atom is 0.327 e. The lowest BCUT2D eigenvalue weighted by molar-refractivity contribution is -0.131. The van der Waals surface area contributed by atoms with Gasteiger partial charge < -0.3 is 29.7 Å². The van der Waals surface area contributed by atoms with Crippen molar-refractivity contribution in [3.63, 3.8) is 0 Å². The standard InChI is InChI=1S/C24H28N2O4.C3H4O2/c1-29-20-6-8-21(9-7-20)30-17-19(27)16-26-12-10-24(28,11-13-26)23-15-25-14-18-4-2-3-5-22(18)23;1-2-3(4)5/h2-9,14-15,19,27-28H,10-13,16-17H2,1H3;2H,1H2,(H,4,5)/t19-;/m0./s1. The minimum Gasteiger partial charge on any atom is -0.497 e. The van der Waals surface area contributed by atoms with E-state index in [-0.39, 0.29) is 6.61 Å². The fraction of sp³-hybridized carbons (Fsp3) is 0.333. The Kier molecular flexibility index (Phi) is 9.19. The van der Waals surface area contributed by atoms with Crippen LogP contribution in [-0.2, 0) is 10.4 Å². The lowest BCUT2D eigenvalue weighted by Crippen LogP contribution is -2.46. The highest BCUT2D eigenvalue weighted by Crippen LogP contribution is 2.36. The molecule has 2 aromatic carbocycles. The number of piperidine rings is 1. The fourth-order valence-electron chi connectivity index (χ4n) is 4.08. The molecular weight excluding hydrogens is 448 g/mol. The molecule has 3 N–H and O–H groups in total. The molecule has 1 atom stereocenters. The maximum absolute atomic E-state index is 11.3. The number of pyridine rings is 1. The number of aliphatic carboxylic acids is 1. The molecule has 0 unspecified atom stereocenters. The predicted octanol–water partition coefficient (Wildman–Crippen LogP) is 3.22. The van der Waals surface area contributed by atoms with Crippen molar-refractivity contribution < 1.29 is 29.6 Å². The van der Waals surface area contributed by atoms with Crippen LogP contribution in [0.25, 0.3) is 10.8 Å². The van der Waals surface area contributed by atoms with Crippen LogP contribution in [0, 0.1) is 0 Å². The molecule has 8 nitrogen and oxygen atoms in total. The highest BCUT2D eigenvalue weighted by Gasteiger charge is 2.35. The van der Waals surface area contributed by atoms with E-state index in [1.807, 2.05) is 54.7 Å². The van der Waals surface area contributed by atoms with E-state index >= 15 is 0 Å². The molecule has 0 spiro atoms. The van der Waals surface area contributed by atoms with Gasteiger partial charge in [0.2, 0.25) is 0 Å². The Morgan fingerprint density at radius 1 is 1.14 bits per heavy atom. The van der Waals surface area contributed by atoms with Gasteiger partial charge in [-0.15, -0.1) is 0 Å². The van der Waals surface area contributed by atoms with E-state index in [0.717, 1.165) is 28.2 Å². The number of methoxy groups -OCH3 is 1. The number of aliphatic hydroxyl groups excluding tert-OH is 1. The van der Waals surface area contributed by atoms with Crippen molar-refractivity contribution in [2.45, 2.75) is 24.5 Å². The Balaban J connectivity index is 0.000000623. The third kappa shape index (κ3) is 7.26. The van der Waals surface area contributed by atoms with Crippen LogP contribution >= 0.6 is 0 Å². The Morgan fingerprint density at radius 2 is 1.77 bits per heavy atom. The number of carboxylic acid groups (broad SMARTS) is 1. The first-order valence-electron chi connectivity index (χ1n) is 11.4. The second-order valence-electron chi connectivity index (χ2n) is 8.42. The number of aromatic nitrogens is 1. The van der Waals surface area contributed by atoms with Gasteiger partial charge in [0, 0.05) is 49.1 Å². The van der Waals surface area contributed by atoms with Crippen LogP contribution in [0.2, 0.25) is 0 Å². The molecule has 1 aromatic heterocycles. The topological polar surface area (TPSA) is 112 Å². The summed E-state index contributed by atoms with van der Waals surface area (Å²) in [5.74, 6) is 0.487. The molecule has 0 saturated carbocycles. The lowest BCUT2D eigenvalue weighted by atomic mass is 9.83. The molecule has 0 aliphatic carbocycles. The van der Waals surface area contributed by atoms with E-state index in [1.165, 1.54) is 0 Å². The van der Waals surface area contributed by atoms with Crippen LogP contribution in [-0.4, -0.2) is 70.6 Å². The predicted molar refractivity (Wildman–Crippen MR) is 134 cm³/mol. The molecule has 0 amide bonds. The molecule has 1 aliphatic rings. The zero-order valence-electron chi connectivity index (χ0n) is 19.8. The van der Waals surface area contributed by atoms with Gasteiger partial charge in [-0.2, -0.15) is 0 Å². The number of hydrogen-bond donors (Lipinski definition) is 3. The lowest BCUT2D eigenvalue weighted by Gasteiger charge is -2.39. The normalized spacial score (nSPS) is 16.0. The number of β-amino-alcohol motifs (C(OH)–C–C–N with tert-alkyl or cyclic N) is 1. The van der Waals surface area contributed by atoms with E-state index in [2.05, 4.69) is 16.5 Å². The third-order valence-corrected chi connectivity index (χ3v) is 6.00. The average Bonchev–Trinajstić information content (AvgIpc) is 2.89. The van der Waals surface area contributed by atoms with Crippen LogP contribution in [0.15, 0.2) is 73.6 Å². The smallest absolute Gasteiger partial charge is 0.327 e. The number of benzene rings is 2. The van der Waals surface area contributed by atoms with Gasteiger partial charge in [-0.05, 0) is 42.5 Å². The molecule has 1 aliphatic heterocycles. The quantitative estimate of drug-likeness (QED) is 0.422. The summed E-state index contributed by atoms with van der Waals surface area (Å²) in [6, 6.07) is 15.3. The van der Waals surface area contributed by atoms with Crippen molar-refractivity contribution in [3.8, 4) is 11.5 Å². The number of fused-ring (bicyclic) bond motifs is 1. The van der Waals surface area contributed by atoms with Gasteiger partial charge in [-0.25, -0.2) is 4.79 Å². The van der Waals surface area contributed by atoms with E-state index in [4.69, 9.17) is 14.6 Å². The van der Waals surface area contributed by atoms with Crippen LogP contribution in [0.4, 0.5) is 0 Å². The first-order valence-corrected chi connectivity index (χ1v) is 11.4. The number of carboxylic acids is 1. The van der Waals surface area contributed by atoms with Gasteiger partial charge in [0.25, 0.3) is 0 Å².